The predicted octanol–water partition coefficient (Wildman–Crippen LogP) is 6.88. The van der Waals surface area contributed by atoms with Crippen molar-refractivity contribution in [3.05, 3.63) is 71.4 Å². The summed E-state index contributed by atoms with van der Waals surface area (Å²) in [5, 5.41) is 1.08. The van der Waals surface area contributed by atoms with E-state index in [1.54, 1.807) is 0 Å². The van der Waals surface area contributed by atoms with Gasteiger partial charge in [0.05, 0.1) is 19.8 Å². The number of esters is 1. The highest BCUT2D eigenvalue weighted by molar-refractivity contribution is 5.98. The molecule has 2 aromatic carbocycles. The van der Waals surface area contributed by atoms with Crippen LogP contribution in [0.1, 0.15) is 61.0 Å². The number of pyridine rings is 1. The Bertz CT molecular complexity index is 1400. The standard InChI is InChI=1S/C31H34N2O5/c1-3-5-15-35-28-26(31(34)38-20-21-10-8-7-9-11-21)30(37-16-6-4-2)33-27-24-18-23-12-14-32-25(23)19-22(24)13-17-36-29(27)28/h7-12,14,18-19,32H,3-6,13,15-17,20H2,1-2H3. The number of nitrogens with zero attached hydrogens (tertiary/aromatic N) is 1. The van der Waals surface area contributed by atoms with Crippen molar-refractivity contribution in [3.63, 3.8) is 0 Å². The highest BCUT2D eigenvalue weighted by Gasteiger charge is 2.32. The van der Waals surface area contributed by atoms with Gasteiger partial charge in [0.1, 0.15) is 12.3 Å². The summed E-state index contributed by atoms with van der Waals surface area (Å²) in [5.41, 5.74) is 4.83. The largest absolute Gasteiger partial charge is 0.489 e. The van der Waals surface area contributed by atoms with Crippen molar-refractivity contribution in [2.45, 2.75) is 52.6 Å². The Hall–Kier alpha value is -4.00. The van der Waals surface area contributed by atoms with E-state index in [-0.39, 0.29) is 18.1 Å². The number of carbonyl (C=O) groups excluding carboxylic acids is 1. The van der Waals surface area contributed by atoms with Crippen LogP contribution in [0.5, 0.6) is 17.4 Å². The zero-order valence-corrected chi connectivity index (χ0v) is 22.0. The molecule has 198 valence electrons. The Balaban J connectivity index is 1.63. The SMILES string of the molecule is CCCCOc1nc2c(c(OCCCC)c1C(=O)OCc1ccccc1)OCCc1cc3[nH]ccc3cc1-2. The minimum atomic E-state index is -0.545. The molecule has 0 amide bonds. The molecule has 0 saturated carbocycles. The Labute approximate surface area is 223 Å². The van der Waals surface area contributed by atoms with Gasteiger partial charge in [-0.3, -0.25) is 0 Å². The van der Waals surface area contributed by atoms with E-state index in [4.69, 9.17) is 23.9 Å². The van der Waals surface area contributed by atoms with Gasteiger partial charge in [-0.2, -0.15) is 0 Å². The molecule has 0 saturated heterocycles. The second-order valence-electron chi connectivity index (χ2n) is 9.44. The summed E-state index contributed by atoms with van der Waals surface area (Å²) in [6.45, 7) is 5.63. The third-order valence-corrected chi connectivity index (χ3v) is 6.62. The van der Waals surface area contributed by atoms with Crippen LogP contribution >= 0.6 is 0 Å². The van der Waals surface area contributed by atoms with Crippen LogP contribution in [0.3, 0.4) is 0 Å². The molecule has 3 heterocycles. The molecule has 5 rings (SSSR count). The Morgan fingerprint density at radius 3 is 2.61 bits per heavy atom. The molecule has 1 aliphatic heterocycles. The Morgan fingerprint density at radius 2 is 1.82 bits per heavy atom. The fourth-order valence-electron chi connectivity index (χ4n) is 4.53. The number of H-pyrrole nitrogens is 1. The molecule has 0 atom stereocenters. The number of carbonyl (C=O) groups is 1. The summed E-state index contributed by atoms with van der Waals surface area (Å²) >= 11 is 0. The lowest BCUT2D eigenvalue weighted by atomic mass is 9.99. The molecule has 7 nitrogen and oxygen atoms in total. The fourth-order valence-corrected chi connectivity index (χ4v) is 4.53. The van der Waals surface area contributed by atoms with E-state index in [0.717, 1.165) is 53.3 Å². The van der Waals surface area contributed by atoms with Gasteiger partial charge < -0.3 is 23.9 Å². The monoisotopic (exact) mass is 514 g/mol. The second-order valence-corrected chi connectivity index (χ2v) is 9.44. The van der Waals surface area contributed by atoms with Crippen LogP contribution in [-0.2, 0) is 17.8 Å². The van der Waals surface area contributed by atoms with Gasteiger partial charge in [-0.15, -0.1) is 0 Å². The van der Waals surface area contributed by atoms with Gasteiger partial charge in [0.15, 0.2) is 17.1 Å². The molecule has 2 aromatic heterocycles. The second kappa shape index (κ2) is 12.0. The lowest BCUT2D eigenvalue weighted by molar-refractivity contribution is 0.0460. The summed E-state index contributed by atoms with van der Waals surface area (Å²) in [5.74, 6) is 0.475. The zero-order valence-electron chi connectivity index (χ0n) is 22.0. The van der Waals surface area contributed by atoms with Crippen LogP contribution in [0.2, 0.25) is 0 Å². The van der Waals surface area contributed by atoms with Gasteiger partial charge >= 0.3 is 5.97 Å². The van der Waals surface area contributed by atoms with Crippen LogP contribution in [0.15, 0.2) is 54.7 Å². The molecule has 0 unspecified atom stereocenters. The number of unbranched alkanes of at least 4 members (excludes halogenated alkanes) is 2. The smallest absolute Gasteiger partial charge is 0.348 e. The number of rotatable bonds is 11. The minimum absolute atomic E-state index is 0.134. The molecule has 0 aliphatic carbocycles. The van der Waals surface area contributed by atoms with Crippen molar-refractivity contribution in [1.29, 1.82) is 0 Å². The molecule has 1 aliphatic rings. The average Bonchev–Trinajstić information content (AvgIpc) is 3.32. The number of aromatic nitrogens is 2. The van der Waals surface area contributed by atoms with Crippen molar-refractivity contribution in [3.8, 4) is 28.6 Å². The number of aromatic amines is 1. The summed E-state index contributed by atoms with van der Waals surface area (Å²) in [4.78, 5) is 21.8. The van der Waals surface area contributed by atoms with Gasteiger partial charge in [0, 0.05) is 29.1 Å². The molecular formula is C31H34N2O5. The average molecular weight is 515 g/mol. The van der Waals surface area contributed by atoms with Crippen molar-refractivity contribution in [2.24, 2.45) is 0 Å². The molecular weight excluding hydrogens is 480 g/mol. The minimum Gasteiger partial charge on any atom is -0.489 e. The van der Waals surface area contributed by atoms with Crippen molar-refractivity contribution < 1.29 is 23.7 Å². The van der Waals surface area contributed by atoms with E-state index < -0.39 is 5.97 Å². The maximum absolute atomic E-state index is 13.6. The first-order chi connectivity index (χ1) is 18.7. The number of fused-ring (bicyclic) bond motifs is 4. The van der Waals surface area contributed by atoms with Gasteiger partial charge in [-0.25, -0.2) is 9.78 Å². The number of hydrogen-bond donors (Lipinski definition) is 1. The lowest BCUT2D eigenvalue weighted by Crippen LogP contribution is -2.15. The van der Waals surface area contributed by atoms with Crippen LogP contribution in [0, 0.1) is 0 Å². The van der Waals surface area contributed by atoms with E-state index in [9.17, 15) is 4.79 Å². The first-order valence-corrected chi connectivity index (χ1v) is 13.5. The lowest BCUT2D eigenvalue weighted by Gasteiger charge is -2.20. The molecule has 0 bridgehead atoms. The van der Waals surface area contributed by atoms with Gasteiger partial charge in [-0.05, 0) is 42.2 Å². The highest BCUT2D eigenvalue weighted by Crippen LogP contribution is 2.47. The summed E-state index contributed by atoms with van der Waals surface area (Å²) in [6.07, 6.45) is 6.21. The Morgan fingerprint density at radius 1 is 1.03 bits per heavy atom. The molecule has 0 fully saturated rings. The van der Waals surface area contributed by atoms with Crippen molar-refractivity contribution in [2.75, 3.05) is 19.8 Å². The third-order valence-electron chi connectivity index (χ3n) is 6.62. The van der Waals surface area contributed by atoms with E-state index >= 15 is 0 Å². The molecule has 7 heteroatoms. The molecule has 4 aromatic rings. The number of hydrogen-bond acceptors (Lipinski definition) is 6. The van der Waals surface area contributed by atoms with Gasteiger partial charge in [0.2, 0.25) is 5.88 Å². The first kappa shape index (κ1) is 25.6. The number of ether oxygens (including phenoxy) is 4. The van der Waals surface area contributed by atoms with E-state index in [0.29, 0.717) is 43.4 Å². The maximum Gasteiger partial charge on any atom is 0.348 e. The van der Waals surface area contributed by atoms with Crippen LogP contribution in [0.25, 0.3) is 22.2 Å². The summed E-state index contributed by atoms with van der Waals surface area (Å²) in [7, 11) is 0. The number of nitrogens with one attached hydrogen (secondary N) is 1. The summed E-state index contributed by atoms with van der Waals surface area (Å²) in [6, 6.07) is 15.9. The Kier molecular flexibility index (Phi) is 8.12. The first-order valence-electron chi connectivity index (χ1n) is 13.5. The molecule has 0 spiro atoms. The van der Waals surface area contributed by atoms with Gasteiger partial charge in [0.25, 0.3) is 0 Å². The molecule has 0 radical (unpaired) electrons. The summed E-state index contributed by atoms with van der Waals surface area (Å²) < 4.78 is 24.4. The maximum atomic E-state index is 13.6. The van der Waals surface area contributed by atoms with Gasteiger partial charge in [-0.1, -0.05) is 57.0 Å². The predicted molar refractivity (Wildman–Crippen MR) is 147 cm³/mol. The highest BCUT2D eigenvalue weighted by atomic mass is 16.5. The third kappa shape index (κ3) is 5.47. The van der Waals surface area contributed by atoms with Crippen molar-refractivity contribution in [1.82, 2.24) is 9.97 Å². The molecule has 1 N–H and O–H groups in total. The normalized spacial score (nSPS) is 12.3. The zero-order chi connectivity index (χ0) is 26.3. The molecule has 38 heavy (non-hydrogen) atoms. The van der Waals surface area contributed by atoms with Crippen molar-refractivity contribution >= 4 is 16.9 Å². The van der Waals surface area contributed by atoms with E-state index in [2.05, 4.69) is 31.0 Å². The van der Waals surface area contributed by atoms with Crippen LogP contribution < -0.4 is 14.2 Å². The number of benzene rings is 2. The quantitative estimate of drug-likeness (QED) is 0.174. The van der Waals surface area contributed by atoms with E-state index in [1.807, 2.05) is 42.6 Å². The van der Waals surface area contributed by atoms with E-state index in [1.165, 1.54) is 0 Å². The topological polar surface area (TPSA) is 82.7 Å². The van der Waals surface area contributed by atoms with Crippen LogP contribution in [-0.4, -0.2) is 35.8 Å². The van der Waals surface area contributed by atoms with Crippen LogP contribution in [0.4, 0.5) is 0 Å². The fraction of sp³-hybridized carbons (Fsp3) is 0.355.